The summed E-state index contributed by atoms with van der Waals surface area (Å²) in [5, 5.41) is 0. The molecule has 0 radical (unpaired) electrons. The lowest BCUT2D eigenvalue weighted by molar-refractivity contribution is 0.0308. The van der Waals surface area contributed by atoms with E-state index >= 15 is 0 Å². The van der Waals surface area contributed by atoms with Crippen molar-refractivity contribution in [3.05, 3.63) is 35.9 Å². The molecule has 0 saturated carbocycles. The summed E-state index contributed by atoms with van der Waals surface area (Å²) in [7, 11) is 0. The Morgan fingerprint density at radius 2 is 1.80 bits per heavy atom. The van der Waals surface area contributed by atoms with Crippen molar-refractivity contribution in [2.75, 3.05) is 39.5 Å². The van der Waals surface area contributed by atoms with Crippen LogP contribution in [0.15, 0.2) is 30.3 Å². The third-order valence-electron chi connectivity index (χ3n) is 4.44. The van der Waals surface area contributed by atoms with Crippen LogP contribution in [0.25, 0.3) is 0 Å². The molecule has 2 aliphatic rings. The van der Waals surface area contributed by atoms with Gasteiger partial charge in [0.2, 0.25) is 0 Å². The maximum Gasteiger partial charge on any atom is 0.0593 e. The fourth-order valence-corrected chi connectivity index (χ4v) is 3.36. The van der Waals surface area contributed by atoms with E-state index < -0.39 is 0 Å². The molecule has 1 atom stereocenters. The van der Waals surface area contributed by atoms with E-state index in [-0.39, 0.29) is 0 Å². The van der Waals surface area contributed by atoms with Gasteiger partial charge in [-0.2, -0.15) is 0 Å². The van der Waals surface area contributed by atoms with Crippen LogP contribution in [0.2, 0.25) is 0 Å². The van der Waals surface area contributed by atoms with Gasteiger partial charge in [0, 0.05) is 32.3 Å². The molecule has 0 aliphatic carbocycles. The third kappa shape index (κ3) is 3.81. The van der Waals surface area contributed by atoms with Gasteiger partial charge in [-0.1, -0.05) is 30.3 Å². The van der Waals surface area contributed by atoms with Gasteiger partial charge in [0.15, 0.2) is 0 Å². The second-order valence-electron chi connectivity index (χ2n) is 5.97. The van der Waals surface area contributed by atoms with Crippen molar-refractivity contribution in [3.63, 3.8) is 0 Å². The zero-order valence-electron chi connectivity index (χ0n) is 12.2. The van der Waals surface area contributed by atoms with Crippen LogP contribution in [-0.4, -0.2) is 50.5 Å². The standard InChI is InChI=1S/C17H25NO2/c1-2-4-15(5-3-1)12-16-13-18(8-11-20-14-16)17-6-9-19-10-7-17/h1-5,16-17H,6-14H2/t16-/m0/s1. The fraction of sp³-hybridized carbons (Fsp3) is 0.647. The third-order valence-corrected chi connectivity index (χ3v) is 4.44. The molecular formula is C17H25NO2. The van der Waals surface area contributed by atoms with Gasteiger partial charge in [-0.25, -0.2) is 0 Å². The van der Waals surface area contributed by atoms with Gasteiger partial charge in [0.25, 0.3) is 0 Å². The molecule has 0 bridgehead atoms. The molecule has 2 aliphatic heterocycles. The van der Waals surface area contributed by atoms with Crippen LogP contribution in [-0.2, 0) is 15.9 Å². The van der Waals surface area contributed by atoms with Crippen LogP contribution in [0.1, 0.15) is 18.4 Å². The predicted octanol–water partition coefficient (Wildman–Crippen LogP) is 2.36. The molecule has 3 heteroatoms. The van der Waals surface area contributed by atoms with Crippen LogP contribution in [0.5, 0.6) is 0 Å². The SMILES string of the molecule is c1ccc(C[C@@H]2COCCN(C3CCOCC3)C2)cc1. The van der Waals surface area contributed by atoms with Crippen LogP contribution >= 0.6 is 0 Å². The number of ether oxygens (including phenoxy) is 2. The van der Waals surface area contributed by atoms with Crippen molar-refractivity contribution in [3.8, 4) is 0 Å². The molecule has 0 spiro atoms. The lowest BCUT2D eigenvalue weighted by Crippen LogP contribution is -2.42. The first-order valence-corrected chi connectivity index (χ1v) is 7.85. The van der Waals surface area contributed by atoms with Gasteiger partial charge in [-0.05, 0) is 30.7 Å². The molecule has 1 aromatic carbocycles. The molecule has 2 heterocycles. The molecule has 0 N–H and O–H groups in total. The smallest absolute Gasteiger partial charge is 0.0593 e. The molecule has 0 unspecified atom stereocenters. The van der Waals surface area contributed by atoms with Crippen molar-refractivity contribution < 1.29 is 9.47 Å². The van der Waals surface area contributed by atoms with Crippen LogP contribution in [0, 0.1) is 5.92 Å². The van der Waals surface area contributed by atoms with Crippen molar-refractivity contribution in [1.82, 2.24) is 4.90 Å². The van der Waals surface area contributed by atoms with E-state index in [4.69, 9.17) is 9.47 Å². The number of nitrogens with zero attached hydrogens (tertiary/aromatic N) is 1. The van der Waals surface area contributed by atoms with Gasteiger partial charge in [-0.3, -0.25) is 4.90 Å². The minimum atomic E-state index is 0.614. The van der Waals surface area contributed by atoms with E-state index in [1.165, 1.54) is 24.9 Å². The summed E-state index contributed by atoms with van der Waals surface area (Å²) in [6, 6.07) is 11.5. The zero-order valence-corrected chi connectivity index (χ0v) is 12.2. The topological polar surface area (TPSA) is 21.7 Å². The Morgan fingerprint density at radius 1 is 1.00 bits per heavy atom. The maximum absolute atomic E-state index is 5.83. The number of hydrogen-bond acceptors (Lipinski definition) is 3. The molecule has 0 amide bonds. The molecule has 3 rings (SSSR count). The molecule has 110 valence electrons. The van der Waals surface area contributed by atoms with E-state index in [0.717, 1.165) is 39.4 Å². The van der Waals surface area contributed by atoms with E-state index in [1.54, 1.807) is 0 Å². The van der Waals surface area contributed by atoms with Gasteiger partial charge in [-0.15, -0.1) is 0 Å². The summed E-state index contributed by atoms with van der Waals surface area (Å²) in [5.41, 5.74) is 1.43. The highest BCUT2D eigenvalue weighted by atomic mass is 16.5. The zero-order chi connectivity index (χ0) is 13.6. The Hall–Kier alpha value is -0.900. The van der Waals surface area contributed by atoms with E-state index in [9.17, 15) is 0 Å². The van der Waals surface area contributed by atoms with E-state index in [2.05, 4.69) is 35.2 Å². The molecule has 2 saturated heterocycles. The quantitative estimate of drug-likeness (QED) is 0.845. The first kappa shape index (κ1) is 14.1. The van der Waals surface area contributed by atoms with Crippen molar-refractivity contribution in [1.29, 1.82) is 0 Å². The summed E-state index contributed by atoms with van der Waals surface area (Å²) in [5.74, 6) is 0.614. The monoisotopic (exact) mass is 275 g/mol. The van der Waals surface area contributed by atoms with E-state index in [0.29, 0.717) is 12.0 Å². The number of rotatable bonds is 3. The normalized spacial score (nSPS) is 26.3. The highest BCUT2D eigenvalue weighted by molar-refractivity contribution is 5.15. The Labute approximate surface area is 121 Å². The Morgan fingerprint density at radius 3 is 2.60 bits per heavy atom. The molecule has 3 nitrogen and oxygen atoms in total. The fourth-order valence-electron chi connectivity index (χ4n) is 3.36. The van der Waals surface area contributed by atoms with Crippen LogP contribution in [0.4, 0.5) is 0 Å². The Balaban J connectivity index is 1.59. The van der Waals surface area contributed by atoms with Crippen molar-refractivity contribution >= 4 is 0 Å². The largest absolute Gasteiger partial charge is 0.381 e. The van der Waals surface area contributed by atoms with Crippen LogP contribution in [0.3, 0.4) is 0 Å². The van der Waals surface area contributed by atoms with E-state index in [1.807, 2.05) is 0 Å². The van der Waals surface area contributed by atoms with Crippen LogP contribution < -0.4 is 0 Å². The summed E-state index contributed by atoms with van der Waals surface area (Å²) in [6.07, 6.45) is 3.48. The first-order valence-electron chi connectivity index (χ1n) is 7.85. The Kier molecular flexibility index (Phi) is 5.06. The average molecular weight is 275 g/mol. The summed E-state index contributed by atoms with van der Waals surface area (Å²) < 4.78 is 11.3. The summed E-state index contributed by atoms with van der Waals surface area (Å²) >= 11 is 0. The predicted molar refractivity (Wildman–Crippen MR) is 79.9 cm³/mol. The van der Waals surface area contributed by atoms with Crippen molar-refractivity contribution in [2.45, 2.75) is 25.3 Å². The van der Waals surface area contributed by atoms with Gasteiger partial charge < -0.3 is 9.47 Å². The second kappa shape index (κ2) is 7.21. The summed E-state index contributed by atoms with van der Waals surface area (Å²) in [6.45, 7) is 5.86. The van der Waals surface area contributed by atoms with Crippen molar-refractivity contribution in [2.24, 2.45) is 5.92 Å². The molecule has 0 aromatic heterocycles. The Bertz CT molecular complexity index is 389. The van der Waals surface area contributed by atoms with Gasteiger partial charge in [0.1, 0.15) is 0 Å². The molecule has 2 fully saturated rings. The minimum absolute atomic E-state index is 0.614. The average Bonchev–Trinajstić information content (AvgIpc) is 2.75. The second-order valence-corrected chi connectivity index (χ2v) is 5.97. The molecule has 20 heavy (non-hydrogen) atoms. The van der Waals surface area contributed by atoms with Gasteiger partial charge in [0.05, 0.1) is 13.2 Å². The first-order chi connectivity index (χ1) is 9.92. The molecular weight excluding hydrogens is 250 g/mol. The minimum Gasteiger partial charge on any atom is -0.381 e. The summed E-state index contributed by atoms with van der Waals surface area (Å²) in [4.78, 5) is 2.64. The highest BCUT2D eigenvalue weighted by Crippen LogP contribution is 2.20. The lowest BCUT2D eigenvalue weighted by atomic mass is 9.98. The molecule has 1 aromatic rings. The van der Waals surface area contributed by atoms with Gasteiger partial charge >= 0.3 is 0 Å². The highest BCUT2D eigenvalue weighted by Gasteiger charge is 2.26. The number of hydrogen-bond donors (Lipinski definition) is 0. The lowest BCUT2D eigenvalue weighted by Gasteiger charge is -2.34. The maximum atomic E-state index is 5.83. The number of benzene rings is 1.